The molecule has 1 aromatic carbocycles. The lowest BCUT2D eigenvalue weighted by Crippen LogP contribution is -2.00. The van der Waals surface area contributed by atoms with E-state index in [-0.39, 0.29) is 0 Å². The molecule has 0 saturated heterocycles. The van der Waals surface area contributed by atoms with Crippen molar-refractivity contribution in [2.45, 2.75) is 43.0 Å². The number of hydrogen-bond donors (Lipinski definition) is 1. The normalized spacial score (nSPS) is 14.6. The maximum absolute atomic E-state index is 6.39. The molecule has 5 aromatic rings. The van der Waals surface area contributed by atoms with Crippen molar-refractivity contribution in [2.24, 2.45) is 0 Å². The van der Waals surface area contributed by atoms with Crippen LogP contribution < -0.4 is 5.73 Å². The molecule has 0 aliphatic heterocycles. The second kappa shape index (κ2) is 6.93. The second-order valence-electron chi connectivity index (χ2n) is 7.23. The fourth-order valence-corrected chi connectivity index (χ4v) is 7.16. The Labute approximate surface area is 179 Å². The topological polar surface area (TPSA) is 82.0 Å². The van der Waals surface area contributed by atoms with E-state index in [1.54, 1.807) is 34.4 Å². The van der Waals surface area contributed by atoms with Gasteiger partial charge < -0.3 is 5.73 Å². The fourth-order valence-electron chi connectivity index (χ4n) is 4.05. The molecule has 0 spiro atoms. The van der Waals surface area contributed by atoms with Gasteiger partial charge in [-0.3, -0.25) is 4.40 Å². The van der Waals surface area contributed by atoms with Gasteiger partial charge in [-0.1, -0.05) is 41.7 Å². The van der Waals surface area contributed by atoms with E-state index >= 15 is 0 Å². The zero-order valence-electron chi connectivity index (χ0n) is 15.6. The molecule has 4 aromatic heterocycles. The maximum Gasteiger partial charge on any atom is 0.217 e. The molecular formula is C20H18N6S3. The highest BCUT2D eigenvalue weighted by Crippen LogP contribution is 2.38. The molecule has 0 bridgehead atoms. The van der Waals surface area contributed by atoms with E-state index < -0.39 is 0 Å². The standard InChI is InChI=1S/C20H18N6S3/c21-17-16-11-6-2-1-3-8-13(11)28-18(16)23-15(22-17)10-27-19-24-25-20-26(19)12-7-4-5-9-14(12)29-20/h4-5,7,9H,1-3,6,8,10H2,(H2,21,22,23). The minimum Gasteiger partial charge on any atom is -0.383 e. The number of para-hydroxylation sites is 1. The average Bonchev–Trinajstić information content (AvgIpc) is 3.33. The minimum absolute atomic E-state index is 0.619. The molecule has 2 N–H and O–H groups in total. The first-order valence-corrected chi connectivity index (χ1v) is 12.3. The number of thiazole rings is 1. The number of aryl methyl sites for hydroxylation is 2. The third-order valence-corrected chi connectivity index (χ3v) is 8.50. The van der Waals surface area contributed by atoms with Gasteiger partial charge in [-0.05, 0) is 43.4 Å². The van der Waals surface area contributed by atoms with Crippen molar-refractivity contribution in [3.05, 3.63) is 40.5 Å². The molecule has 0 amide bonds. The first-order chi connectivity index (χ1) is 14.3. The highest BCUT2D eigenvalue weighted by molar-refractivity contribution is 7.98. The SMILES string of the molecule is Nc1nc(CSc2nnc3sc4ccccc4n23)nc2sc3c(c12)CCCCC3. The molecular weight excluding hydrogens is 420 g/mol. The third kappa shape index (κ3) is 2.91. The summed E-state index contributed by atoms with van der Waals surface area (Å²) in [5.41, 5.74) is 8.92. The number of aromatic nitrogens is 5. The number of nitrogen functional groups attached to an aromatic ring is 1. The van der Waals surface area contributed by atoms with Gasteiger partial charge in [0.15, 0.2) is 5.16 Å². The number of hydrogen-bond acceptors (Lipinski definition) is 8. The van der Waals surface area contributed by atoms with Crippen LogP contribution in [-0.2, 0) is 18.6 Å². The molecule has 0 unspecified atom stereocenters. The largest absolute Gasteiger partial charge is 0.383 e. The number of benzene rings is 1. The van der Waals surface area contributed by atoms with Crippen LogP contribution in [0.1, 0.15) is 35.5 Å². The summed E-state index contributed by atoms with van der Waals surface area (Å²) in [6, 6.07) is 8.31. The first-order valence-electron chi connectivity index (χ1n) is 9.70. The Kier molecular flexibility index (Phi) is 4.21. The average molecular weight is 439 g/mol. The van der Waals surface area contributed by atoms with Crippen LogP contribution in [-0.4, -0.2) is 24.6 Å². The van der Waals surface area contributed by atoms with E-state index in [0.29, 0.717) is 11.6 Å². The van der Waals surface area contributed by atoms with Crippen LogP contribution >= 0.6 is 34.4 Å². The van der Waals surface area contributed by atoms with E-state index in [2.05, 4.69) is 31.7 Å². The monoisotopic (exact) mass is 438 g/mol. The van der Waals surface area contributed by atoms with Crippen molar-refractivity contribution in [3.8, 4) is 0 Å². The van der Waals surface area contributed by atoms with E-state index in [9.17, 15) is 0 Å². The number of rotatable bonds is 3. The Morgan fingerprint density at radius 1 is 1.03 bits per heavy atom. The number of nitrogens with two attached hydrogens (primary N) is 1. The van der Waals surface area contributed by atoms with Crippen molar-refractivity contribution >= 4 is 65.6 Å². The van der Waals surface area contributed by atoms with Crippen LogP contribution in [0, 0.1) is 0 Å². The van der Waals surface area contributed by atoms with Gasteiger partial charge in [-0.15, -0.1) is 21.5 Å². The van der Waals surface area contributed by atoms with Gasteiger partial charge in [0.05, 0.1) is 21.4 Å². The summed E-state index contributed by atoms with van der Waals surface area (Å²) in [7, 11) is 0. The maximum atomic E-state index is 6.39. The molecule has 0 saturated carbocycles. The van der Waals surface area contributed by atoms with E-state index in [1.807, 2.05) is 12.1 Å². The van der Waals surface area contributed by atoms with Gasteiger partial charge in [0, 0.05) is 4.88 Å². The zero-order valence-corrected chi connectivity index (χ0v) is 18.0. The van der Waals surface area contributed by atoms with Gasteiger partial charge in [-0.25, -0.2) is 9.97 Å². The summed E-state index contributed by atoms with van der Waals surface area (Å²) in [5, 5.41) is 10.7. The quantitative estimate of drug-likeness (QED) is 0.312. The van der Waals surface area contributed by atoms with E-state index in [4.69, 9.17) is 10.7 Å². The number of nitrogens with zero attached hydrogens (tertiary/aromatic N) is 5. The van der Waals surface area contributed by atoms with Gasteiger partial charge in [0.25, 0.3) is 0 Å². The van der Waals surface area contributed by atoms with Gasteiger partial charge >= 0.3 is 0 Å². The van der Waals surface area contributed by atoms with Crippen LogP contribution in [0.15, 0.2) is 29.4 Å². The highest BCUT2D eigenvalue weighted by atomic mass is 32.2. The lowest BCUT2D eigenvalue weighted by atomic mass is 10.1. The summed E-state index contributed by atoms with van der Waals surface area (Å²) in [6.07, 6.45) is 6.02. The van der Waals surface area contributed by atoms with Crippen molar-refractivity contribution in [3.63, 3.8) is 0 Å². The van der Waals surface area contributed by atoms with Gasteiger partial charge in [0.2, 0.25) is 4.96 Å². The van der Waals surface area contributed by atoms with E-state index in [1.165, 1.54) is 34.4 Å². The van der Waals surface area contributed by atoms with E-state index in [0.717, 1.165) is 44.5 Å². The van der Waals surface area contributed by atoms with Crippen LogP contribution in [0.3, 0.4) is 0 Å². The zero-order chi connectivity index (χ0) is 19.4. The summed E-state index contributed by atoms with van der Waals surface area (Å²) in [5.74, 6) is 2.00. The summed E-state index contributed by atoms with van der Waals surface area (Å²) in [4.78, 5) is 12.9. The summed E-state index contributed by atoms with van der Waals surface area (Å²) < 4.78 is 3.32. The predicted molar refractivity (Wildman–Crippen MR) is 121 cm³/mol. The molecule has 146 valence electrons. The molecule has 1 aliphatic carbocycles. The lowest BCUT2D eigenvalue weighted by molar-refractivity contribution is 0.713. The molecule has 4 heterocycles. The van der Waals surface area contributed by atoms with Crippen molar-refractivity contribution in [1.29, 1.82) is 0 Å². The Morgan fingerprint density at radius 3 is 2.90 bits per heavy atom. The predicted octanol–water partition coefficient (Wildman–Crippen LogP) is 5.09. The number of thiophene rings is 1. The number of anilines is 1. The highest BCUT2D eigenvalue weighted by Gasteiger charge is 2.20. The van der Waals surface area contributed by atoms with Crippen molar-refractivity contribution < 1.29 is 0 Å². The molecule has 1 aliphatic rings. The van der Waals surface area contributed by atoms with Gasteiger partial charge in [-0.2, -0.15) is 0 Å². The molecule has 0 atom stereocenters. The Bertz CT molecular complexity index is 1370. The van der Waals surface area contributed by atoms with Crippen molar-refractivity contribution in [2.75, 3.05) is 5.73 Å². The van der Waals surface area contributed by atoms with Crippen LogP contribution in [0.5, 0.6) is 0 Å². The molecule has 0 fully saturated rings. The Hall–Kier alpha value is -2.23. The van der Waals surface area contributed by atoms with Gasteiger partial charge in [0.1, 0.15) is 16.5 Å². The van der Waals surface area contributed by atoms with Crippen LogP contribution in [0.4, 0.5) is 5.82 Å². The minimum atomic E-state index is 0.619. The molecule has 6 nitrogen and oxygen atoms in total. The van der Waals surface area contributed by atoms with Crippen LogP contribution in [0.25, 0.3) is 25.4 Å². The fraction of sp³-hybridized carbons (Fsp3) is 0.300. The lowest BCUT2D eigenvalue weighted by Gasteiger charge is -2.04. The summed E-state index contributed by atoms with van der Waals surface area (Å²) in [6.45, 7) is 0. The second-order valence-corrected chi connectivity index (χ2v) is 10.3. The summed E-state index contributed by atoms with van der Waals surface area (Å²) >= 11 is 5.06. The molecule has 9 heteroatoms. The van der Waals surface area contributed by atoms with Crippen molar-refractivity contribution in [1.82, 2.24) is 24.6 Å². The molecule has 6 rings (SSSR count). The molecule has 29 heavy (non-hydrogen) atoms. The Balaban J connectivity index is 1.34. The third-order valence-electron chi connectivity index (χ3n) is 5.38. The smallest absolute Gasteiger partial charge is 0.217 e. The first kappa shape index (κ1) is 17.6. The number of thioether (sulfide) groups is 1. The van der Waals surface area contributed by atoms with Crippen LogP contribution in [0.2, 0.25) is 0 Å². The number of fused-ring (bicyclic) bond motifs is 6. The molecule has 0 radical (unpaired) electrons. The Morgan fingerprint density at radius 2 is 1.93 bits per heavy atom.